The Labute approximate surface area is 159 Å². The molecule has 0 aliphatic carbocycles. The highest BCUT2D eigenvalue weighted by Crippen LogP contribution is 2.41. The van der Waals surface area contributed by atoms with Crippen LogP contribution in [0.15, 0.2) is 45.6 Å². The first-order valence-corrected chi connectivity index (χ1v) is 8.54. The van der Waals surface area contributed by atoms with E-state index in [0.29, 0.717) is 5.56 Å². The Bertz CT molecular complexity index is 1110. The molecule has 28 heavy (non-hydrogen) atoms. The molecule has 1 aromatic heterocycles. The summed E-state index contributed by atoms with van der Waals surface area (Å²) in [4.78, 5) is 12.8. The summed E-state index contributed by atoms with van der Waals surface area (Å²) in [5.74, 6) is -2.63. The van der Waals surface area contributed by atoms with Crippen LogP contribution in [0.1, 0.15) is 37.7 Å². The number of phenolic OH excluding ortho intramolecular Hbond substituents is 1. The van der Waals surface area contributed by atoms with Crippen molar-refractivity contribution >= 4 is 11.0 Å². The fourth-order valence-electron chi connectivity index (χ4n) is 2.89. The molecule has 7 heteroatoms. The Hall–Kier alpha value is -2.96. The average Bonchev–Trinajstić information content (AvgIpc) is 2.55. The van der Waals surface area contributed by atoms with Crippen LogP contribution in [0.5, 0.6) is 17.2 Å². The van der Waals surface area contributed by atoms with Gasteiger partial charge in [-0.05, 0) is 36.1 Å². The van der Waals surface area contributed by atoms with E-state index in [4.69, 9.17) is 9.15 Å². The van der Waals surface area contributed by atoms with Gasteiger partial charge in [-0.15, -0.1) is 0 Å². The Kier molecular flexibility index (Phi) is 4.65. The van der Waals surface area contributed by atoms with Gasteiger partial charge in [-0.3, -0.25) is 4.79 Å². The van der Waals surface area contributed by atoms with Gasteiger partial charge in [0.15, 0.2) is 0 Å². The Morgan fingerprint density at radius 1 is 1.04 bits per heavy atom. The van der Waals surface area contributed by atoms with Crippen molar-refractivity contribution in [2.24, 2.45) is 0 Å². The van der Waals surface area contributed by atoms with Crippen LogP contribution in [0.3, 0.4) is 0 Å². The lowest BCUT2D eigenvalue weighted by atomic mass is 9.86. The summed E-state index contributed by atoms with van der Waals surface area (Å²) in [7, 11) is 0. The molecule has 3 rings (SSSR count). The second kappa shape index (κ2) is 6.58. The number of rotatable bonds is 2. The zero-order valence-electron chi connectivity index (χ0n) is 15.8. The van der Waals surface area contributed by atoms with Crippen molar-refractivity contribution in [3.05, 3.63) is 63.5 Å². The zero-order chi connectivity index (χ0) is 20.9. The number of alkyl halides is 3. The van der Waals surface area contributed by atoms with E-state index in [9.17, 15) is 23.1 Å². The first kappa shape index (κ1) is 19.8. The average molecular weight is 392 g/mol. The van der Waals surface area contributed by atoms with Gasteiger partial charge in [0.2, 0.25) is 11.2 Å². The smallest absolute Gasteiger partial charge is 0.453 e. The number of hydrogen-bond acceptors (Lipinski definition) is 4. The molecule has 0 amide bonds. The molecular formula is C21H19F3O4. The first-order valence-electron chi connectivity index (χ1n) is 8.54. The van der Waals surface area contributed by atoms with Crippen molar-refractivity contribution in [3.8, 4) is 17.2 Å². The number of fused-ring (bicyclic) bond motifs is 1. The molecule has 0 atom stereocenters. The summed E-state index contributed by atoms with van der Waals surface area (Å²) >= 11 is 0. The number of ether oxygens (including phenoxy) is 1. The number of halogens is 3. The molecule has 0 spiro atoms. The van der Waals surface area contributed by atoms with Crippen LogP contribution in [0.2, 0.25) is 0 Å². The van der Waals surface area contributed by atoms with E-state index in [1.54, 1.807) is 19.1 Å². The van der Waals surface area contributed by atoms with Crippen molar-refractivity contribution in [1.29, 1.82) is 0 Å². The second-order valence-electron chi connectivity index (χ2n) is 7.62. The predicted octanol–water partition coefficient (Wildman–Crippen LogP) is 5.92. The van der Waals surface area contributed by atoms with Crippen molar-refractivity contribution in [2.75, 3.05) is 0 Å². The van der Waals surface area contributed by atoms with Gasteiger partial charge in [-0.1, -0.05) is 32.9 Å². The van der Waals surface area contributed by atoms with E-state index in [0.717, 1.165) is 11.6 Å². The molecule has 1 N–H and O–H groups in total. The van der Waals surface area contributed by atoms with Gasteiger partial charge < -0.3 is 14.3 Å². The summed E-state index contributed by atoms with van der Waals surface area (Å²) in [6.07, 6.45) is -4.96. The third-order valence-corrected chi connectivity index (χ3v) is 4.25. The van der Waals surface area contributed by atoms with Crippen LogP contribution in [0.25, 0.3) is 11.0 Å². The predicted molar refractivity (Wildman–Crippen MR) is 99.1 cm³/mol. The molecule has 0 bridgehead atoms. The van der Waals surface area contributed by atoms with Gasteiger partial charge in [0.1, 0.15) is 17.1 Å². The lowest BCUT2D eigenvalue weighted by Gasteiger charge is -2.23. The highest BCUT2D eigenvalue weighted by atomic mass is 19.4. The van der Waals surface area contributed by atoms with E-state index < -0.39 is 28.5 Å². The lowest BCUT2D eigenvalue weighted by molar-refractivity contribution is -0.154. The SMILES string of the molecule is Cc1ccc(C(C)(C)C)c(Oc2c(C(F)(F)F)oc3cc(O)ccc3c2=O)c1. The van der Waals surface area contributed by atoms with Crippen LogP contribution >= 0.6 is 0 Å². The topological polar surface area (TPSA) is 59.7 Å². The maximum Gasteiger partial charge on any atom is 0.453 e. The standard InChI is InChI=1S/C21H19F3O4/c1-11-5-8-14(20(2,3)4)16(9-11)27-18-17(26)13-7-6-12(25)10-15(13)28-19(18)21(22,23)24/h5-10,25H,1-4H3. The first-order chi connectivity index (χ1) is 12.9. The molecule has 3 aromatic rings. The molecule has 148 valence electrons. The van der Waals surface area contributed by atoms with E-state index in [1.165, 1.54) is 12.1 Å². The summed E-state index contributed by atoms with van der Waals surface area (Å²) in [5.41, 5.74) is -0.340. The highest BCUT2D eigenvalue weighted by molar-refractivity contribution is 5.79. The number of benzene rings is 2. The highest BCUT2D eigenvalue weighted by Gasteiger charge is 2.41. The quantitative estimate of drug-likeness (QED) is 0.588. The largest absolute Gasteiger partial charge is 0.508 e. The number of phenols is 1. The molecule has 4 nitrogen and oxygen atoms in total. The minimum Gasteiger partial charge on any atom is -0.508 e. The lowest BCUT2D eigenvalue weighted by Crippen LogP contribution is -2.17. The van der Waals surface area contributed by atoms with Gasteiger partial charge in [-0.25, -0.2) is 0 Å². The molecule has 0 aliphatic heterocycles. The minimum atomic E-state index is -4.96. The second-order valence-corrected chi connectivity index (χ2v) is 7.62. The maximum absolute atomic E-state index is 13.6. The van der Waals surface area contributed by atoms with Gasteiger partial charge in [0.05, 0.1) is 5.39 Å². The minimum absolute atomic E-state index is 0.120. The number of aromatic hydroxyl groups is 1. The molecule has 0 unspecified atom stereocenters. The number of hydrogen-bond donors (Lipinski definition) is 1. The summed E-state index contributed by atoms with van der Waals surface area (Å²) in [6, 6.07) is 8.53. The molecule has 0 aliphatic rings. The monoisotopic (exact) mass is 392 g/mol. The Balaban J connectivity index is 2.30. The fraction of sp³-hybridized carbons (Fsp3) is 0.286. The van der Waals surface area contributed by atoms with E-state index in [1.807, 2.05) is 26.8 Å². The van der Waals surface area contributed by atoms with Gasteiger partial charge in [0, 0.05) is 11.6 Å². The molecular weight excluding hydrogens is 373 g/mol. The van der Waals surface area contributed by atoms with E-state index in [2.05, 4.69) is 0 Å². The molecule has 2 aromatic carbocycles. The van der Waals surface area contributed by atoms with Crippen LogP contribution in [-0.4, -0.2) is 5.11 Å². The van der Waals surface area contributed by atoms with Gasteiger partial charge in [-0.2, -0.15) is 13.2 Å². The van der Waals surface area contributed by atoms with Crippen molar-refractivity contribution in [3.63, 3.8) is 0 Å². The summed E-state index contributed by atoms with van der Waals surface area (Å²) in [5, 5.41) is 9.38. The van der Waals surface area contributed by atoms with Gasteiger partial charge in [0.25, 0.3) is 5.76 Å². The van der Waals surface area contributed by atoms with Crippen molar-refractivity contribution in [2.45, 2.75) is 39.3 Å². The van der Waals surface area contributed by atoms with E-state index >= 15 is 0 Å². The molecule has 0 saturated carbocycles. The van der Waals surface area contributed by atoms with Crippen LogP contribution in [-0.2, 0) is 11.6 Å². The summed E-state index contributed by atoms with van der Waals surface area (Å²) in [6.45, 7) is 7.44. The molecule has 0 radical (unpaired) electrons. The summed E-state index contributed by atoms with van der Waals surface area (Å²) < 4.78 is 51.3. The van der Waals surface area contributed by atoms with Gasteiger partial charge >= 0.3 is 6.18 Å². The van der Waals surface area contributed by atoms with Crippen molar-refractivity contribution in [1.82, 2.24) is 0 Å². The maximum atomic E-state index is 13.6. The zero-order valence-corrected chi connectivity index (χ0v) is 15.8. The van der Waals surface area contributed by atoms with Crippen LogP contribution in [0, 0.1) is 6.92 Å². The van der Waals surface area contributed by atoms with Crippen LogP contribution in [0.4, 0.5) is 13.2 Å². The third-order valence-electron chi connectivity index (χ3n) is 4.25. The van der Waals surface area contributed by atoms with Crippen molar-refractivity contribution < 1.29 is 27.4 Å². The fourth-order valence-corrected chi connectivity index (χ4v) is 2.89. The molecule has 0 fully saturated rings. The molecule has 0 saturated heterocycles. The number of aryl methyl sites for hydroxylation is 1. The Morgan fingerprint density at radius 2 is 1.71 bits per heavy atom. The van der Waals surface area contributed by atoms with Crippen LogP contribution < -0.4 is 10.2 Å². The van der Waals surface area contributed by atoms with E-state index in [-0.39, 0.29) is 22.5 Å². The normalized spacial score (nSPS) is 12.4. The third kappa shape index (κ3) is 3.69. The molecule has 1 heterocycles. The Morgan fingerprint density at radius 3 is 2.32 bits per heavy atom.